The van der Waals surface area contributed by atoms with Gasteiger partial charge in [-0.2, -0.15) is 0 Å². The van der Waals surface area contributed by atoms with E-state index >= 15 is 0 Å². The third-order valence-electron chi connectivity index (χ3n) is 5.51. The van der Waals surface area contributed by atoms with E-state index in [1.165, 1.54) is 29.5 Å². The van der Waals surface area contributed by atoms with Crippen molar-refractivity contribution in [3.8, 4) is 0 Å². The van der Waals surface area contributed by atoms with Crippen molar-refractivity contribution in [2.75, 3.05) is 33.2 Å². The molecule has 156 valence electrons. The van der Waals surface area contributed by atoms with Crippen LogP contribution in [0.4, 0.5) is 0 Å². The molecule has 3 rings (SSSR count). The highest BCUT2D eigenvalue weighted by Gasteiger charge is 2.19. The molecule has 0 atom stereocenters. The molecule has 1 saturated heterocycles. The summed E-state index contributed by atoms with van der Waals surface area (Å²) in [5, 5.41) is 7.41. The minimum Gasteiger partial charge on any atom is -0.356 e. The zero-order valence-corrected chi connectivity index (χ0v) is 18.3. The molecule has 0 radical (unpaired) electrons. The highest BCUT2D eigenvalue weighted by molar-refractivity contribution is 6.29. The molecule has 1 aromatic heterocycles. The summed E-state index contributed by atoms with van der Waals surface area (Å²) < 4.78 is 0. The number of nitrogens with zero attached hydrogens (tertiary/aromatic N) is 3. The lowest BCUT2D eigenvalue weighted by molar-refractivity contribution is 0.178. The average molecular weight is 414 g/mol. The zero-order valence-electron chi connectivity index (χ0n) is 17.5. The van der Waals surface area contributed by atoms with Gasteiger partial charge in [-0.1, -0.05) is 47.5 Å². The standard InChI is InChI=1S/C23H32ClN5/c1-18-3-5-21(6-4-18)17-29-13-10-20(11-14-29)16-28-23(25-2)26-12-9-19-7-8-22(24)27-15-19/h3-8,15,20H,9-14,16-17H2,1-2H3,(H2,25,26,28). The second-order valence-corrected chi connectivity index (χ2v) is 8.21. The largest absolute Gasteiger partial charge is 0.356 e. The molecule has 2 aromatic rings. The topological polar surface area (TPSA) is 52.6 Å². The van der Waals surface area contributed by atoms with Gasteiger partial charge in [-0.25, -0.2) is 4.98 Å². The van der Waals surface area contributed by atoms with Crippen molar-refractivity contribution in [1.82, 2.24) is 20.5 Å². The molecule has 1 aliphatic heterocycles. The molecule has 0 unspecified atom stereocenters. The van der Waals surface area contributed by atoms with Crippen LogP contribution in [0, 0.1) is 12.8 Å². The van der Waals surface area contributed by atoms with Gasteiger partial charge in [0.2, 0.25) is 0 Å². The summed E-state index contributed by atoms with van der Waals surface area (Å²) in [6.07, 6.45) is 5.17. The number of piperidine rings is 1. The first-order valence-electron chi connectivity index (χ1n) is 10.4. The lowest BCUT2D eigenvalue weighted by Crippen LogP contribution is -2.43. The molecule has 0 spiro atoms. The third kappa shape index (κ3) is 7.33. The fourth-order valence-electron chi connectivity index (χ4n) is 3.64. The summed E-state index contributed by atoms with van der Waals surface area (Å²) in [7, 11) is 1.82. The SMILES string of the molecule is CN=C(NCCc1ccc(Cl)nc1)NCC1CCN(Cc2ccc(C)cc2)CC1. The van der Waals surface area contributed by atoms with Gasteiger partial charge in [0.15, 0.2) is 5.96 Å². The minimum atomic E-state index is 0.532. The number of benzene rings is 1. The molecular formula is C23H32ClN5. The van der Waals surface area contributed by atoms with E-state index in [9.17, 15) is 0 Å². The number of hydrogen-bond acceptors (Lipinski definition) is 3. The predicted octanol–water partition coefficient (Wildman–Crippen LogP) is 3.66. The third-order valence-corrected chi connectivity index (χ3v) is 5.73. The van der Waals surface area contributed by atoms with Crippen LogP contribution in [0.2, 0.25) is 5.15 Å². The number of aromatic nitrogens is 1. The number of nitrogens with one attached hydrogen (secondary N) is 2. The van der Waals surface area contributed by atoms with E-state index in [1.807, 2.05) is 25.4 Å². The number of aryl methyl sites for hydroxylation is 1. The van der Waals surface area contributed by atoms with Gasteiger partial charge in [-0.3, -0.25) is 9.89 Å². The molecule has 1 aromatic carbocycles. The molecule has 5 nitrogen and oxygen atoms in total. The normalized spacial score (nSPS) is 16.0. The second-order valence-electron chi connectivity index (χ2n) is 7.82. The molecule has 6 heteroatoms. The molecule has 0 saturated carbocycles. The van der Waals surface area contributed by atoms with Crippen molar-refractivity contribution in [1.29, 1.82) is 0 Å². The molecule has 2 N–H and O–H groups in total. The van der Waals surface area contributed by atoms with E-state index in [4.69, 9.17) is 11.6 Å². The van der Waals surface area contributed by atoms with Gasteiger partial charge in [-0.05, 0) is 62.4 Å². The number of rotatable bonds is 7. The Bertz CT molecular complexity index is 765. The van der Waals surface area contributed by atoms with Gasteiger partial charge in [0.25, 0.3) is 0 Å². The average Bonchev–Trinajstić information content (AvgIpc) is 2.74. The van der Waals surface area contributed by atoms with Crippen LogP contribution in [0.15, 0.2) is 47.6 Å². The first kappa shape index (κ1) is 21.6. The molecular weight excluding hydrogens is 382 g/mol. The fraction of sp³-hybridized carbons (Fsp3) is 0.478. The van der Waals surface area contributed by atoms with E-state index in [0.717, 1.165) is 45.1 Å². The fourth-order valence-corrected chi connectivity index (χ4v) is 3.75. The number of hydrogen-bond donors (Lipinski definition) is 2. The van der Waals surface area contributed by atoms with E-state index in [1.54, 1.807) is 0 Å². The van der Waals surface area contributed by atoms with Crippen LogP contribution in [0.3, 0.4) is 0 Å². The lowest BCUT2D eigenvalue weighted by Gasteiger charge is -2.32. The van der Waals surface area contributed by atoms with E-state index < -0.39 is 0 Å². The summed E-state index contributed by atoms with van der Waals surface area (Å²) in [5.74, 6) is 1.57. The Hall–Kier alpha value is -2.11. The maximum Gasteiger partial charge on any atom is 0.190 e. The van der Waals surface area contributed by atoms with Crippen LogP contribution in [0.5, 0.6) is 0 Å². The van der Waals surface area contributed by atoms with Crippen LogP contribution < -0.4 is 10.6 Å². The molecule has 29 heavy (non-hydrogen) atoms. The van der Waals surface area contributed by atoms with Crippen molar-refractivity contribution in [2.45, 2.75) is 32.7 Å². The van der Waals surface area contributed by atoms with Gasteiger partial charge in [0, 0.05) is 32.9 Å². The second kappa shape index (κ2) is 11.2. The maximum atomic E-state index is 5.83. The van der Waals surface area contributed by atoms with Crippen molar-refractivity contribution in [2.24, 2.45) is 10.9 Å². The summed E-state index contributed by atoms with van der Waals surface area (Å²) in [6, 6.07) is 12.7. The van der Waals surface area contributed by atoms with Gasteiger partial charge >= 0.3 is 0 Å². The van der Waals surface area contributed by atoms with Crippen molar-refractivity contribution in [3.63, 3.8) is 0 Å². The Kier molecular flexibility index (Phi) is 8.32. The molecule has 0 bridgehead atoms. The van der Waals surface area contributed by atoms with Crippen molar-refractivity contribution >= 4 is 17.6 Å². The van der Waals surface area contributed by atoms with Gasteiger partial charge in [0.05, 0.1) is 0 Å². The monoisotopic (exact) mass is 413 g/mol. The Balaban J connectivity index is 1.33. The van der Waals surface area contributed by atoms with Gasteiger partial charge in [0.1, 0.15) is 5.15 Å². The molecule has 2 heterocycles. The summed E-state index contributed by atoms with van der Waals surface area (Å²) >= 11 is 5.83. The highest BCUT2D eigenvalue weighted by atomic mass is 35.5. The van der Waals surface area contributed by atoms with Crippen LogP contribution in [-0.4, -0.2) is 49.1 Å². The van der Waals surface area contributed by atoms with E-state index in [0.29, 0.717) is 11.1 Å². The van der Waals surface area contributed by atoms with Crippen LogP contribution >= 0.6 is 11.6 Å². The number of guanidine groups is 1. The highest BCUT2D eigenvalue weighted by Crippen LogP contribution is 2.18. The maximum absolute atomic E-state index is 5.83. The van der Waals surface area contributed by atoms with E-state index in [-0.39, 0.29) is 0 Å². The Morgan fingerprint density at radius 3 is 2.48 bits per heavy atom. The summed E-state index contributed by atoms with van der Waals surface area (Å²) in [5.41, 5.74) is 3.90. The van der Waals surface area contributed by atoms with Crippen LogP contribution in [0.1, 0.15) is 29.5 Å². The number of aliphatic imine (C=N–C) groups is 1. The molecule has 1 aliphatic rings. The zero-order chi connectivity index (χ0) is 20.5. The number of likely N-dealkylation sites (tertiary alicyclic amines) is 1. The number of pyridine rings is 1. The quantitative estimate of drug-likeness (QED) is 0.413. The van der Waals surface area contributed by atoms with Crippen molar-refractivity contribution in [3.05, 3.63) is 64.4 Å². The molecule has 0 aliphatic carbocycles. The smallest absolute Gasteiger partial charge is 0.190 e. The molecule has 1 fully saturated rings. The first-order chi connectivity index (χ1) is 14.1. The van der Waals surface area contributed by atoms with Crippen LogP contribution in [0.25, 0.3) is 0 Å². The number of halogens is 1. The lowest BCUT2D eigenvalue weighted by atomic mass is 9.96. The summed E-state index contributed by atoms with van der Waals surface area (Å²) in [4.78, 5) is 11.0. The molecule has 0 amide bonds. The Labute approximate surface area is 179 Å². The predicted molar refractivity (Wildman–Crippen MR) is 121 cm³/mol. The Morgan fingerprint density at radius 2 is 1.83 bits per heavy atom. The van der Waals surface area contributed by atoms with Gasteiger partial charge in [-0.15, -0.1) is 0 Å². The van der Waals surface area contributed by atoms with Gasteiger partial charge < -0.3 is 10.6 Å². The minimum absolute atomic E-state index is 0.532. The van der Waals surface area contributed by atoms with E-state index in [2.05, 4.69) is 56.7 Å². The van der Waals surface area contributed by atoms with Crippen LogP contribution in [-0.2, 0) is 13.0 Å². The summed E-state index contributed by atoms with van der Waals surface area (Å²) in [6.45, 7) is 7.31. The van der Waals surface area contributed by atoms with Crippen molar-refractivity contribution < 1.29 is 0 Å². The first-order valence-corrected chi connectivity index (χ1v) is 10.8. The Morgan fingerprint density at radius 1 is 1.10 bits per heavy atom.